The molecular weight excluding hydrogens is 285 g/mol. The van der Waals surface area contributed by atoms with Crippen molar-refractivity contribution >= 4 is 5.91 Å². The molecule has 22 heavy (non-hydrogen) atoms. The number of carbonyl (C=O) groups is 1. The molecule has 1 aliphatic rings. The first-order chi connectivity index (χ1) is 10.6. The number of aromatic nitrogens is 2. The normalized spacial score (nSPS) is 21.0. The van der Waals surface area contributed by atoms with Crippen LogP contribution in [0.1, 0.15) is 19.0 Å². The van der Waals surface area contributed by atoms with Crippen molar-refractivity contribution in [3.8, 4) is 5.69 Å². The number of amides is 1. The Morgan fingerprint density at radius 1 is 1.41 bits per heavy atom. The minimum Gasteiger partial charge on any atom is -0.368 e. The molecule has 0 radical (unpaired) electrons. The number of carbonyl (C=O) groups excluding carboxylic acids is 1. The fraction of sp³-hybridized carbons (Fsp3) is 0.375. The summed E-state index contributed by atoms with van der Waals surface area (Å²) in [6.07, 6.45) is 2.33. The number of halogens is 1. The third kappa shape index (κ3) is 3.17. The topological polar surface area (TPSA) is 56.1 Å². The molecule has 1 fully saturated rings. The molecule has 1 aromatic carbocycles. The van der Waals surface area contributed by atoms with Crippen LogP contribution in [0.5, 0.6) is 0 Å². The first-order valence-corrected chi connectivity index (χ1v) is 7.33. The number of hydrogen-bond donors (Lipinski definition) is 1. The average Bonchev–Trinajstić information content (AvgIpc) is 3.14. The van der Waals surface area contributed by atoms with Gasteiger partial charge in [0.1, 0.15) is 11.9 Å². The molecule has 1 N–H and O–H groups in total. The van der Waals surface area contributed by atoms with Gasteiger partial charge in [0.05, 0.1) is 17.9 Å². The van der Waals surface area contributed by atoms with Crippen molar-refractivity contribution in [2.24, 2.45) is 5.92 Å². The van der Waals surface area contributed by atoms with Gasteiger partial charge in [0.15, 0.2) is 0 Å². The van der Waals surface area contributed by atoms with E-state index in [4.69, 9.17) is 4.74 Å². The van der Waals surface area contributed by atoms with E-state index in [2.05, 4.69) is 10.4 Å². The van der Waals surface area contributed by atoms with E-state index < -0.39 is 0 Å². The van der Waals surface area contributed by atoms with Crippen molar-refractivity contribution in [2.75, 3.05) is 6.61 Å². The highest BCUT2D eigenvalue weighted by Gasteiger charge is 2.30. The van der Waals surface area contributed by atoms with Crippen LogP contribution in [-0.4, -0.2) is 28.4 Å². The smallest absolute Gasteiger partial charge is 0.249 e. The summed E-state index contributed by atoms with van der Waals surface area (Å²) in [6.45, 7) is 3.00. The molecule has 116 valence electrons. The number of rotatable bonds is 4. The van der Waals surface area contributed by atoms with E-state index in [9.17, 15) is 9.18 Å². The molecular formula is C16H18FN3O2. The third-order valence-corrected chi connectivity index (χ3v) is 3.83. The molecule has 0 unspecified atom stereocenters. The summed E-state index contributed by atoms with van der Waals surface area (Å²) >= 11 is 0. The Bertz CT molecular complexity index is 654. The second-order valence-corrected chi connectivity index (χ2v) is 5.50. The van der Waals surface area contributed by atoms with Crippen LogP contribution in [0.25, 0.3) is 5.69 Å². The van der Waals surface area contributed by atoms with Crippen LogP contribution < -0.4 is 5.32 Å². The number of hydrogen-bond acceptors (Lipinski definition) is 3. The molecule has 0 spiro atoms. The van der Waals surface area contributed by atoms with E-state index in [0.29, 0.717) is 13.2 Å². The van der Waals surface area contributed by atoms with Crippen LogP contribution in [-0.2, 0) is 16.1 Å². The van der Waals surface area contributed by atoms with Gasteiger partial charge < -0.3 is 10.1 Å². The van der Waals surface area contributed by atoms with Gasteiger partial charge >= 0.3 is 0 Å². The monoisotopic (exact) mass is 303 g/mol. The molecule has 0 bridgehead atoms. The minimum atomic E-state index is -0.362. The summed E-state index contributed by atoms with van der Waals surface area (Å²) in [6, 6.07) is 7.90. The van der Waals surface area contributed by atoms with E-state index in [1.165, 1.54) is 12.1 Å². The van der Waals surface area contributed by atoms with Gasteiger partial charge in [-0.05, 0) is 42.7 Å². The molecule has 2 atom stereocenters. The fourth-order valence-electron chi connectivity index (χ4n) is 2.50. The zero-order valence-electron chi connectivity index (χ0n) is 12.3. The van der Waals surface area contributed by atoms with E-state index in [-0.39, 0.29) is 23.7 Å². The summed E-state index contributed by atoms with van der Waals surface area (Å²) in [7, 11) is 0. The molecule has 5 nitrogen and oxygen atoms in total. The summed E-state index contributed by atoms with van der Waals surface area (Å²) < 4.78 is 20.0. The van der Waals surface area contributed by atoms with E-state index in [1.54, 1.807) is 23.0 Å². The highest BCUT2D eigenvalue weighted by Crippen LogP contribution is 2.20. The summed E-state index contributed by atoms with van der Waals surface area (Å²) in [5, 5.41) is 7.21. The molecule has 0 saturated carbocycles. The quantitative estimate of drug-likeness (QED) is 0.940. The van der Waals surface area contributed by atoms with Crippen molar-refractivity contribution in [3.63, 3.8) is 0 Å². The third-order valence-electron chi connectivity index (χ3n) is 3.83. The van der Waals surface area contributed by atoms with E-state index in [1.807, 2.05) is 13.0 Å². The second kappa shape index (κ2) is 6.27. The number of nitrogens with one attached hydrogen (secondary N) is 1. The largest absolute Gasteiger partial charge is 0.368 e. The molecule has 1 aliphatic heterocycles. The number of benzene rings is 1. The van der Waals surface area contributed by atoms with Crippen molar-refractivity contribution in [3.05, 3.63) is 48.0 Å². The lowest BCUT2D eigenvalue weighted by Crippen LogP contribution is -2.36. The lowest BCUT2D eigenvalue weighted by molar-refractivity contribution is -0.131. The van der Waals surface area contributed by atoms with Gasteiger partial charge in [-0.15, -0.1) is 0 Å². The van der Waals surface area contributed by atoms with E-state index >= 15 is 0 Å². The van der Waals surface area contributed by atoms with Crippen LogP contribution >= 0.6 is 0 Å². The molecule has 0 aliphatic carbocycles. The Labute approximate surface area is 128 Å². The molecule has 2 heterocycles. The van der Waals surface area contributed by atoms with Gasteiger partial charge in [-0.1, -0.05) is 6.92 Å². The molecule has 2 aromatic rings. The maximum absolute atomic E-state index is 12.9. The zero-order valence-corrected chi connectivity index (χ0v) is 12.3. The highest BCUT2D eigenvalue weighted by atomic mass is 19.1. The minimum absolute atomic E-state index is 0.0960. The van der Waals surface area contributed by atoms with Crippen molar-refractivity contribution in [1.29, 1.82) is 0 Å². The van der Waals surface area contributed by atoms with Gasteiger partial charge in [0.2, 0.25) is 5.91 Å². The Balaban J connectivity index is 1.60. The number of ether oxygens (including phenoxy) is 1. The van der Waals surface area contributed by atoms with E-state index in [0.717, 1.165) is 17.8 Å². The molecule has 1 amide bonds. The SMILES string of the molecule is C[C@H]1CCO[C@H]1C(=O)NCc1ccn(-c2ccc(F)cc2)n1. The Morgan fingerprint density at radius 2 is 2.18 bits per heavy atom. The zero-order chi connectivity index (χ0) is 15.5. The molecule has 6 heteroatoms. The Kier molecular flexibility index (Phi) is 4.20. The van der Waals surface area contributed by atoms with Gasteiger partial charge in [-0.2, -0.15) is 5.10 Å². The first kappa shape index (κ1) is 14.7. The van der Waals surface area contributed by atoms with Gasteiger partial charge in [-0.3, -0.25) is 4.79 Å². The lowest BCUT2D eigenvalue weighted by Gasteiger charge is -2.13. The van der Waals surface area contributed by atoms with Crippen molar-refractivity contribution < 1.29 is 13.9 Å². The highest BCUT2D eigenvalue weighted by molar-refractivity contribution is 5.81. The maximum atomic E-state index is 12.9. The summed E-state index contributed by atoms with van der Waals surface area (Å²) in [5.74, 6) is -0.132. The Hall–Kier alpha value is -2.21. The maximum Gasteiger partial charge on any atom is 0.249 e. The van der Waals surface area contributed by atoms with Crippen LogP contribution in [0.4, 0.5) is 4.39 Å². The standard InChI is InChI=1S/C16H18FN3O2/c1-11-7-9-22-15(11)16(21)18-10-13-6-8-20(19-13)14-4-2-12(17)3-5-14/h2-6,8,11,15H,7,9-10H2,1H3,(H,18,21)/t11-,15+/m0/s1. The van der Waals surface area contributed by atoms with Gasteiger partial charge in [-0.25, -0.2) is 9.07 Å². The molecule has 3 rings (SSSR count). The summed E-state index contributed by atoms with van der Waals surface area (Å²) in [5.41, 5.74) is 1.51. The van der Waals surface area contributed by atoms with Crippen molar-refractivity contribution in [2.45, 2.75) is 26.0 Å². The van der Waals surface area contributed by atoms with Crippen molar-refractivity contribution in [1.82, 2.24) is 15.1 Å². The Morgan fingerprint density at radius 3 is 2.86 bits per heavy atom. The number of nitrogens with zero attached hydrogens (tertiary/aromatic N) is 2. The van der Waals surface area contributed by atoms with Crippen LogP contribution in [0.2, 0.25) is 0 Å². The molecule has 1 saturated heterocycles. The van der Waals surface area contributed by atoms with Crippen LogP contribution in [0, 0.1) is 11.7 Å². The average molecular weight is 303 g/mol. The van der Waals surface area contributed by atoms with Crippen LogP contribution in [0.3, 0.4) is 0 Å². The fourth-order valence-corrected chi connectivity index (χ4v) is 2.50. The predicted molar refractivity (Wildman–Crippen MR) is 78.9 cm³/mol. The van der Waals surface area contributed by atoms with Crippen LogP contribution in [0.15, 0.2) is 36.5 Å². The predicted octanol–water partition coefficient (Wildman–Crippen LogP) is 2.05. The van der Waals surface area contributed by atoms with Gasteiger partial charge in [0, 0.05) is 12.8 Å². The lowest BCUT2D eigenvalue weighted by atomic mass is 10.0. The van der Waals surface area contributed by atoms with Gasteiger partial charge in [0.25, 0.3) is 0 Å². The summed E-state index contributed by atoms with van der Waals surface area (Å²) in [4.78, 5) is 12.0. The first-order valence-electron chi connectivity index (χ1n) is 7.33. The molecule has 1 aromatic heterocycles. The second-order valence-electron chi connectivity index (χ2n) is 5.50.